The number of hydrogen-bond donors (Lipinski definition) is 1. The lowest BCUT2D eigenvalue weighted by atomic mass is 9.96. The number of carbonyl (C=O) groups is 1. The number of hydrogen-bond acceptors (Lipinski definition) is 2. The van der Waals surface area contributed by atoms with Crippen molar-refractivity contribution in [2.24, 2.45) is 11.7 Å². The fourth-order valence-corrected chi connectivity index (χ4v) is 2.92. The van der Waals surface area contributed by atoms with Gasteiger partial charge in [-0.1, -0.05) is 6.92 Å². The third kappa shape index (κ3) is 2.90. The summed E-state index contributed by atoms with van der Waals surface area (Å²) in [6.07, 6.45) is 0.939. The number of amides is 1. The summed E-state index contributed by atoms with van der Waals surface area (Å²) >= 11 is 3.23. The van der Waals surface area contributed by atoms with Crippen molar-refractivity contribution < 1.29 is 9.18 Å². The molecule has 0 aliphatic carbocycles. The smallest absolute Gasteiger partial charge is 0.255 e. The lowest BCUT2D eigenvalue weighted by molar-refractivity contribution is 0.0660. The number of carbonyl (C=O) groups excluding carboxylic acids is 1. The Morgan fingerprint density at radius 3 is 2.83 bits per heavy atom. The van der Waals surface area contributed by atoms with Gasteiger partial charge in [0, 0.05) is 23.6 Å². The van der Waals surface area contributed by atoms with Crippen LogP contribution in [0.25, 0.3) is 0 Å². The number of rotatable bonds is 1. The normalized spacial score (nSPS) is 24.1. The zero-order valence-corrected chi connectivity index (χ0v) is 11.8. The summed E-state index contributed by atoms with van der Waals surface area (Å²) in [6.45, 7) is 3.35. The number of nitrogens with zero attached hydrogens (tertiary/aromatic N) is 1. The minimum Gasteiger partial charge on any atom is -0.337 e. The van der Waals surface area contributed by atoms with Gasteiger partial charge >= 0.3 is 0 Å². The van der Waals surface area contributed by atoms with E-state index in [0.29, 0.717) is 29.0 Å². The maximum absolute atomic E-state index is 13.0. The molecule has 2 rings (SSSR count). The Labute approximate surface area is 114 Å². The van der Waals surface area contributed by atoms with Crippen LogP contribution >= 0.6 is 15.9 Å². The van der Waals surface area contributed by atoms with Crippen molar-refractivity contribution in [1.82, 2.24) is 4.90 Å². The molecule has 1 fully saturated rings. The van der Waals surface area contributed by atoms with Crippen LogP contribution in [0.4, 0.5) is 4.39 Å². The van der Waals surface area contributed by atoms with Crippen molar-refractivity contribution in [2.45, 2.75) is 19.4 Å². The van der Waals surface area contributed by atoms with Crippen LogP contribution in [0.2, 0.25) is 0 Å². The van der Waals surface area contributed by atoms with Crippen LogP contribution in [0, 0.1) is 11.7 Å². The van der Waals surface area contributed by atoms with E-state index in [4.69, 9.17) is 5.73 Å². The maximum Gasteiger partial charge on any atom is 0.255 e. The Balaban J connectivity index is 2.20. The molecular formula is C13H16BrFN2O. The van der Waals surface area contributed by atoms with Gasteiger partial charge < -0.3 is 10.6 Å². The van der Waals surface area contributed by atoms with E-state index in [1.807, 2.05) is 0 Å². The van der Waals surface area contributed by atoms with Gasteiger partial charge in [-0.3, -0.25) is 4.79 Å². The number of nitrogens with two attached hydrogens (primary N) is 1. The molecule has 5 heteroatoms. The molecule has 2 unspecified atom stereocenters. The molecule has 0 bridgehead atoms. The Morgan fingerprint density at radius 2 is 2.22 bits per heavy atom. The van der Waals surface area contributed by atoms with E-state index in [1.165, 1.54) is 18.2 Å². The van der Waals surface area contributed by atoms with E-state index in [9.17, 15) is 9.18 Å². The van der Waals surface area contributed by atoms with E-state index in [-0.39, 0.29) is 17.8 Å². The lowest BCUT2D eigenvalue weighted by Crippen LogP contribution is -2.48. The van der Waals surface area contributed by atoms with Crippen LogP contribution < -0.4 is 5.73 Å². The molecule has 18 heavy (non-hydrogen) atoms. The summed E-state index contributed by atoms with van der Waals surface area (Å²) in [5, 5.41) is 0. The van der Waals surface area contributed by atoms with Gasteiger partial charge in [0.15, 0.2) is 0 Å². The van der Waals surface area contributed by atoms with Crippen LogP contribution in [-0.2, 0) is 0 Å². The minimum absolute atomic E-state index is 0.0249. The highest BCUT2D eigenvalue weighted by atomic mass is 79.9. The van der Waals surface area contributed by atoms with Crippen molar-refractivity contribution in [3.8, 4) is 0 Å². The SMILES string of the molecule is CC1CC(N)CN(C(=O)c2ccc(F)cc2Br)C1. The lowest BCUT2D eigenvalue weighted by Gasteiger charge is -2.35. The number of halogens is 2. The van der Waals surface area contributed by atoms with Gasteiger partial charge in [-0.2, -0.15) is 0 Å². The van der Waals surface area contributed by atoms with E-state index >= 15 is 0 Å². The molecule has 0 saturated carbocycles. The molecule has 1 aliphatic rings. The molecule has 2 atom stereocenters. The van der Waals surface area contributed by atoms with E-state index in [2.05, 4.69) is 22.9 Å². The Morgan fingerprint density at radius 1 is 1.50 bits per heavy atom. The first-order valence-corrected chi connectivity index (χ1v) is 6.76. The molecule has 0 aromatic heterocycles. The molecule has 0 spiro atoms. The molecule has 1 aromatic carbocycles. The molecule has 1 heterocycles. The summed E-state index contributed by atoms with van der Waals surface area (Å²) in [4.78, 5) is 14.1. The van der Waals surface area contributed by atoms with Gasteiger partial charge in [0.05, 0.1) is 5.56 Å². The average Bonchev–Trinajstić information content (AvgIpc) is 2.26. The van der Waals surface area contributed by atoms with Crippen molar-refractivity contribution in [3.63, 3.8) is 0 Å². The third-order valence-corrected chi connectivity index (χ3v) is 3.80. The number of piperidine rings is 1. The first-order chi connectivity index (χ1) is 8.47. The largest absolute Gasteiger partial charge is 0.337 e. The predicted molar refractivity (Wildman–Crippen MR) is 71.8 cm³/mol. The van der Waals surface area contributed by atoms with E-state index < -0.39 is 0 Å². The fraction of sp³-hybridized carbons (Fsp3) is 0.462. The zero-order chi connectivity index (χ0) is 13.3. The maximum atomic E-state index is 13.0. The third-order valence-electron chi connectivity index (χ3n) is 3.14. The summed E-state index contributed by atoms with van der Waals surface area (Å²) in [5.74, 6) is -0.0528. The van der Waals surface area contributed by atoms with Crippen molar-refractivity contribution >= 4 is 21.8 Å². The molecule has 1 amide bonds. The van der Waals surface area contributed by atoms with Crippen LogP contribution in [0.15, 0.2) is 22.7 Å². The topological polar surface area (TPSA) is 46.3 Å². The summed E-state index contributed by atoms with van der Waals surface area (Å²) in [7, 11) is 0. The monoisotopic (exact) mass is 314 g/mol. The second-order valence-corrected chi connectivity index (χ2v) is 5.79. The minimum atomic E-state index is -0.359. The van der Waals surface area contributed by atoms with Crippen LogP contribution in [0.5, 0.6) is 0 Å². The van der Waals surface area contributed by atoms with Gasteiger partial charge in [0.25, 0.3) is 5.91 Å². The van der Waals surface area contributed by atoms with Crippen LogP contribution in [0.1, 0.15) is 23.7 Å². The van der Waals surface area contributed by atoms with Gasteiger partial charge in [-0.15, -0.1) is 0 Å². The number of likely N-dealkylation sites (tertiary alicyclic amines) is 1. The first kappa shape index (κ1) is 13.5. The van der Waals surface area contributed by atoms with Crippen LogP contribution in [-0.4, -0.2) is 29.9 Å². The highest BCUT2D eigenvalue weighted by Gasteiger charge is 2.27. The number of benzene rings is 1. The second-order valence-electron chi connectivity index (χ2n) is 4.94. The second kappa shape index (κ2) is 5.36. The molecule has 2 N–H and O–H groups in total. The quantitative estimate of drug-likeness (QED) is 0.865. The molecule has 0 radical (unpaired) electrons. The Kier molecular flexibility index (Phi) is 4.02. The molecule has 1 saturated heterocycles. The van der Waals surface area contributed by atoms with Crippen molar-refractivity contribution in [1.29, 1.82) is 0 Å². The average molecular weight is 315 g/mol. The van der Waals surface area contributed by atoms with Gasteiger partial charge in [0.2, 0.25) is 0 Å². The van der Waals surface area contributed by atoms with Crippen molar-refractivity contribution in [3.05, 3.63) is 34.1 Å². The summed E-state index contributed by atoms with van der Waals surface area (Å²) in [6, 6.07) is 4.13. The summed E-state index contributed by atoms with van der Waals surface area (Å²) in [5.41, 5.74) is 6.41. The highest BCUT2D eigenvalue weighted by molar-refractivity contribution is 9.10. The molecule has 1 aliphatic heterocycles. The molecular weight excluding hydrogens is 299 g/mol. The van der Waals surface area contributed by atoms with Gasteiger partial charge in [0.1, 0.15) is 5.82 Å². The Bertz CT molecular complexity index is 456. The van der Waals surface area contributed by atoms with Gasteiger partial charge in [-0.25, -0.2) is 4.39 Å². The Hall–Kier alpha value is -0.940. The van der Waals surface area contributed by atoms with E-state index in [1.54, 1.807) is 4.90 Å². The molecule has 3 nitrogen and oxygen atoms in total. The first-order valence-electron chi connectivity index (χ1n) is 5.97. The summed E-state index contributed by atoms with van der Waals surface area (Å²) < 4.78 is 13.5. The molecule has 98 valence electrons. The van der Waals surface area contributed by atoms with Crippen LogP contribution in [0.3, 0.4) is 0 Å². The van der Waals surface area contributed by atoms with E-state index in [0.717, 1.165) is 6.42 Å². The fourth-order valence-electron chi connectivity index (χ4n) is 2.40. The standard InChI is InChI=1S/C13H16BrFN2O/c1-8-4-10(16)7-17(6-8)13(18)11-3-2-9(15)5-12(11)14/h2-3,5,8,10H,4,6-7,16H2,1H3. The highest BCUT2D eigenvalue weighted by Crippen LogP contribution is 2.23. The zero-order valence-electron chi connectivity index (χ0n) is 10.2. The van der Waals surface area contributed by atoms with Crippen molar-refractivity contribution in [2.75, 3.05) is 13.1 Å². The predicted octanol–water partition coefficient (Wildman–Crippen LogP) is 2.40. The molecule has 1 aromatic rings. The van der Waals surface area contributed by atoms with Gasteiger partial charge in [-0.05, 0) is 46.5 Å².